The van der Waals surface area contributed by atoms with Gasteiger partial charge in [-0.1, -0.05) is 12.1 Å². The highest BCUT2D eigenvalue weighted by molar-refractivity contribution is 9.10. The predicted molar refractivity (Wildman–Crippen MR) is 100 cm³/mol. The van der Waals surface area contributed by atoms with Crippen LogP contribution >= 0.6 is 15.9 Å². The Morgan fingerprint density at radius 1 is 1.24 bits per heavy atom. The number of benzene rings is 2. The second-order valence-corrected chi connectivity index (χ2v) is 6.96. The number of aliphatic hydroxyl groups excluding tert-OH is 1. The molecule has 0 aliphatic carbocycles. The molecule has 134 valence electrons. The minimum atomic E-state index is -0.854. The van der Waals surface area contributed by atoms with E-state index in [0.29, 0.717) is 10.0 Å². The van der Waals surface area contributed by atoms with Crippen LogP contribution in [0.25, 0.3) is 0 Å². The number of rotatable bonds is 6. The Hall–Kier alpha value is -2.05. The summed E-state index contributed by atoms with van der Waals surface area (Å²) in [5, 5.41) is 22.9. The lowest BCUT2D eigenvalue weighted by Crippen LogP contribution is -2.28. The van der Waals surface area contributed by atoms with E-state index in [-0.39, 0.29) is 24.0 Å². The summed E-state index contributed by atoms with van der Waals surface area (Å²) >= 11 is 3.21. The van der Waals surface area contributed by atoms with Crippen LogP contribution in [-0.4, -0.2) is 28.8 Å². The van der Waals surface area contributed by atoms with Crippen LogP contribution in [-0.2, 0) is 0 Å². The van der Waals surface area contributed by atoms with Gasteiger partial charge in [0.1, 0.15) is 11.5 Å². The van der Waals surface area contributed by atoms with E-state index in [1.807, 2.05) is 20.8 Å². The summed E-state index contributed by atoms with van der Waals surface area (Å²) in [7, 11) is 0. The molecule has 0 aliphatic heterocycles. The number of phenolic OH excluding ortho intramolecular Hbond substituents is 1. The highest BCUT2D eigenvalue weighted by atomic mass is 79.9. The molecule has 2 rings (SSSR count). The molecule has 1 atom stereocenters. The summed E-state index contributed by atoms with van der Waals surface area (Å²) in [6, 6.07) is 10.4. The molecule has 1 amide bonds. The first-order valence-corrected chi connectivity index (χ1v) is 8.79. The summed E-state index contributed by atoms with van der Waals surface area (Å²) in [4.78, 5) is 12.3. The lowest BCUT2D eigenvalue weighted by Gasteiger charge is -2.15. The smallest absolute Gasteiger partial charge is 0.255 e. The fourth-order valence-electron chi connectivity index (χ4n) is 2.35. The molecule has 0 heterocycles. The van der Waals surface area contributed by atoms with Crippen LogP contribution < -0.4 is 10.1 Å². The average molecular weight is 408 g/mol. The molecule has 0 fully saturated rings. The third-order valence-corrected chi connectivity index (χ3v) is 4.15. The molecule has 0 saturated carbocycles. The highest BCUT2D eigenvalue weighted by Crippen LogP contribution is 2.29. The van der Waals surface area contributed by atoms with E-state index in [1.54, 1.807) is 36.4 Å². The van der Waals surface area contributed by atoms with Gasteiger partial charge in [0, 0.05) is 6.54 Å². The van der Waals surface area contributed by atoms with E-state index in [4.69, 9.17) is 4.74 Å². The molecule has 0 saturated heterocycles. The molecule has 2 aromatic rings. The second-order valence-electron chi connectivity index (χ2n) is 6.10. The van der Waals surface area contributed by atoms with Crippen LogP contribution in [0.4, 0.5) is 0 Å². The van der Waals surface area contributed by atoms with E-state index in [0.717, 1.165) is 11.3 Å². The third kappa shape index (κ3) is 5.21. The molecule has 0 radical (unpaired) electrons. The number of phenols is 1. The van der Waals surface area contributed by atoms with Gasteiger partial charge in [0.2, 0.25) is 0 Å². The fraction of sp³-hybridized carbons (Fsp3) is 0.316. The molecule has 1 unspecified atom stereocenters. The van der Waals surface area contributed by atoms with E-state index >= 15 is 0 Å². The minimum absolute atomic E-state index is 0.0359. The lowest BCUT2D eigenvalue weighted by atomic mass is 10.1. The summed E-state index contributed by atoms with van der Waals surface area (Å²) in [5.41, 5.74) is 1.68. The molecule has 2 aromatic carbocycles. The van der Waals surface area contributed by atoms with E-state index in [2.05, 4.69) is 21.2 Å². The predicted octanol–water partition coefficient (Wildman–Crippen LogP) is 3.71. The van der Waals surface area contributed by atoms with Crippen LogP contribution in [0.5, 0.6) is 11.5 Å². The van der Waals surface area contributed by atoms with Crippen LogP contribution in [0.1, 0.15) is 41.4 Å². The van der Waals surface area contributed by atoms with Crippen LogP contribution in [0, 0.1) is 6.92 Å². The largest absolute Gasteiger partial charge is 0.506 e. The van der Waals surface area contributed by atoms with Gasteiger partial charge in [-0.25, -0.2) is 0 Å². The second kappa shape index (κ2) is 8.36. The maximum atomic E-state index is 12.3. The molecule has 0 bridgehead atoms. The van der Waals surface area contributed by atoms with Crippen molar-refractivity contribution in [2.24, 2.45) is 0 Å². The number of aromatic hydroxyl groups is 1. The molecular weight excluding hydrogens is 386 g/mol. The number of halogens is 1. The summed E-state index contributed by atoms with van der Waals surface area (Å²) < 4.78 is 6.01. The number of ether oxygens (including phenoxy) is 1. The van der Waals surface area contributed by atoms with Crippen LogP contribution in [0.15, 0.2) is 40.9 Å². The van der Waals surface area contributed by atoms with E-state index < -0.39 is 12.0 Å². The Bertz CT molecular complexity index is 744. The third-order valence-electron chi connectivity index (χ3n) is 3.54. The number of hydrogen-bond acceptors (Lipinski definition) is 4. The molecule has 0 aliphatic rings. The molecular formula is C19H22BrNO4. The van der Waals surface area contributed by atoms with Gasteiger partial charge < -0.3 is 20.3 Å². The zero-order valence-electron chi connectivity index (χ0n) is 14.4. The van der Waals surface area contributed by atoms with Gasteiger partial charge in [-0.05, 0) is 72.1 Å². The quantitative estimate of drug-likeness (QED) is 0.681. The van der Waals surface area contributed by atoms with Crippen molar-refractivity contribution in [3.8, 4) is 11.5 Å². The molecule has 0 aromatic heterocycles. The number of amides is 1. The number of aliphatic hydroxyl groups is 1. The molecule has 5 nitrogen and oxygen atoms in total. The Labute approximate surface area is 155 Å². The monoisotopic (exact) mass is 407 g/mol. The zero-order valence-corrected chi connectivity index (χ0v) is 16.0. The Kier molecular flexibility index (Phi) is 6.45. The minimum Gasteiger partial charge on any atom is -0.506 e. The molecule has 3 N–H and O–H groups in total. The first kappa shape index (κ1) is 19.3. The van der Waals surface area contributed by atoms with Crippen molar-refractivity contribution in [3.05, 3.63) is 57.6 Å². The average Bonchev–Trinajstić information content (AvgIpc) is 2.55. The fourth-order valence-corrected chi connectivity index (χ4v) is 2.93. The van der Waals surface area contributed by atoms with Gasteiger partial charge >= 0.3 is 0 Å². The van der Waals surface area contributed by atoms with Gasteiger partial charge in [-0.2, -0.15) is 0 Å². The van der Waals surface area contributed by atoms with Crippen molar-refractivity contribution in [1.82, 2.24) is 5.32 Å². The van der Waals surface area contributed by atoms with E-state index in [9.17, 15) is 15.0 Å². The lowest BCUT2D eigenvalue weighted by molar-refractivity contribution is 0.0913. The highest BCUT2D eigenvalue weighted by Gasteiger charge is 2.16. The molecule has 25 heavy (non-hydrogen) atoms. The van der Waals surface area contributed by atoms with Gasteiger partial charge in [-0.15, -0.1) is 0 Å². The first-order valence-electron chi connectivity index (χ1n) is 8.00. The molecule has 6 heteroatoms. The van der Waals surface area contributed by atoms with Crippen molar-refractivity contribution >= 4 is 21.8 Å². The first-order chi connectivity index (χ1) is 11.8. The summed E-state index contributed by atoms with van der Waals surface area (Å²) in [6.07, 6.45) is -0.774. The van der Waals surface area contributed by atoms with Gasteiger partial charge in [-0.3, -0.25) is 4.79 Å². The van der Waals surface area contributed by atoms with Crippen LogP contribution in [0.2, 0.25) is 0 Å². The summed E-state index contributed by atoms with van der Waals surface area (Å²) in [6.45, 7) is 5.75. The topological polar surface area (TPSA) is 78.8 Å². The van der Waals surface area contributed by atoms with Gasteiger partial charge in [0.05, 0.1) is 22.2 Å². The maximum absolute atomic E-state index is 12.3. The van der Waals surface area contributed by atoms with Crippen molar-refractivity contribution in [3.63, 3.8) is 0 Å². The number of hydrogen-bond donors (Lipinski definition) is 3. The number of nitrogens with one attached hydrogen (secondary N) is 1. The van der Waals surface area contributed by atoms with E-state index in [1.165, 1.54) is 0 Å². The van der Waals surface area contributed by atoms with Gasteiger partial charge in [0.15, 0.2) is 0 Å². The Morgan fingerprint density at radius 3 is 2.48 bits per heavy atom. The van der Waals surface area contributed by atoms with Crippen molar-refractivity contribution in [1.29, 1.82) is 0 Å². The Balaban J connectivity index is 2.00. The maximum Gasteiger partial charge on any atom is 0.255 e. The number of carbonyl (C=O) groups is 1. The zero-order chi connectivity index (χ0) is 18.6. The molecule has 0 spiro atoms. The number of carbonyl (C=O) groups excluding carboxylic acids is 1. The van der Waals surface area contributed by atoms with Crippen molar-refractivity contribution in [2.75, 3.05) is 6.54 Å². The van der Waals surface area contributed by atoms with Gasteiger partial charge in [0.25, 0.3) is 5.91 Å². The SMILES string of the molecule is Cc1cc(Br)c(O)c(C(=O)NCC(O)c2ccc(OC(C)C)cc2)c1. The standard InChI is InChI=1S/C19H22BrNO4/c1-11(2)25-14-6-4-13(5-7-14)17(22)10-21-19(24)15-8-12(3)9-16(20)18(15)23/h4-9,11,17,22-23H,10H2,1-3H3,(H,21,24). The van der Waals surface area contributed by atoms with Crippen molar-refractivity contribution in [2.45, 2.75) is 33.0 Å². The number of aryl methyl sites for hydroxylation is 1. The normalized spacial score (nSPS) is 12.1. The summed E-state index contributed by atoms with van der Waals surface area (Å²) in [5.74, 6) is 0.165. The Morgan fingerprint density at radius 2 is 1.88 bits per heavy atom. The van der Waals surface area contributed by atoms with Crippen molar-refractivity contribution < 1.29 is 19.7 Å². The van der Waals surface area contributed by atoms with Crippen LogP contribution in [0.3, 0.4) is 0 Å².